The summed E-state index contributed by atoms with van der Waals surface area (Å²) in [5.74, 6) is 0.243. The summed E-state index contributed by atoms with van der Waals surface area (Å²) in [5.41, 5.74) is 0. The number of amides is 1. The molecule has 0 aromatic rings. The molecule has 0 spiro atoms. The number of methoxy groups -OCH3 is 2. The van der Waals surface area contributed by atoms with Crippen LogP contribution in [0.3, 0.4) is 0 Å². The van der Waals surface area contributed by atoms with Gasteiger partial charge < -0.3 is 14.8 Å². The van der Waals surface area contributed by atoms with E-state index in [2.05, 4.69) is 19.2 Å². The Morgan fingerprint density at radius 2 is 1.62 bits per heavy atom. The van der Waals surface area contributed by atoms with E-state index in [1.165, 1.54) is 0 Å². The molecular weight excluding hydrogens is 206 g/mol. The molecule has 0 aromatic carbocycles. The Hall–Kier alpha value is -0.610. The first kappa shape index (κ1) is 15.4. The minimum absolute atomic E-state index is 0.114. The highest BCUT2D eigenvalue weighted by Gasteiger charge is 2.17. The van der Waals surface area contributed by atoms with Crippen LogP contribution in [0, 0.1) is 5.92 Å². The monoisotopic (exact) mass is 231 g/mol. The van der Waals surface area contributed by atoms with Crippen molar-refractivity contribution in [3.63, 3.8) is 0 Å². The van der Waals surface area contributed by atoms with Crippen LogP contribution in [-0.4, -0.2) is 33.0 Å². The van der Waals surface area contributed by atoms with Crippen molar-refractivity contribution in [1.29, 1.82) is 0 Å². The zero-order chi connectivity index (χ0) is 12.4. The normalized spacial score (nSPS) is 11.1. The summed E-state index contributed by atoms with van der Waals surface area (Å²) >= 11 is 0. The summed E-state index contributed by atoms with van der Waals surface area (Å²) in [6.45, 7) is 4.61. The van der Waals surface area contributed by atoms with E-state index >= 15 is 0 Å². The zero-order valence-corrected chi connectivity index (χ0v) is 10.9. The first-order valence-electron chi connectivity index (χ1n) is 6.02. The fourth-order valence-electron chi connectivity index (χ4n) is 1.69. The lowest BCUT2D eigenvalue weighted by molar-refractivity contribution is -0.131. The van der Waals surface area contributed by atoms with Crippen molar-refractivity contribution in [2.24, 2.45) is 5.92 Å². The number of nitrogens with one attached hydrogen (secondary N) is 1. The maximum absolute atomic E-state index is 11.8. The molecule has 0 aliphatic heterocycles. The van der Waals surface area contributed by atoms with Gasteiger partial charge in [-0.05, 0) is 12.8 Å². The number of ether oxygens (including phenoxy) is 2. The molecule has 0 heterocycles. The van der Waals surface area contributed by atoms with E-state index in [9.17, 15) is 4.79 Å². The largest absolute Gasteiger partial charge is 0.354 e. The number of rotatable bonds is 9. The molecule has 0 fully saturated rings. The van der Waals surface area contributed by atoms with E-state index in [0.717, 1.165) is 25.7 Å². The van der Waals surface area contributed by atoms with E-state index in [0.29, 0.717) is 6.54 Å². The van der Waals surface area contributed by atoms with Gasteiger partial charge in [0.2, 0.25) is 5.91 Å². The Balaban J connectivity index is 3.98. The third kappa shape index (κ3) is 6.08. The molecule has 0 rings (SSSR count). The van der Waals surface area contributed by atoms with E-state index in [4.69, 9.17) is 9.47 Å². The van der Waals surface area contributed by atoms with Gasteiger partial charge in [-0.25, -0.2) is 0 Å². The van der Waals surface area contributed by atoms with Gasteiger partial charge in [0.1, 0.15) is 0 Å². The summed E-state index contributed by atoms with van der Waals surface area (Å²) in [5, 5.41) is 2.87. The second-order valence-electron chi connectivity index (χ2n) is 3.92. The van der Waals surface area contributed by atoms with Crippen LogP contribution >= 0.6 is 0 Å². The van der Waals surface area contributed by atoms with Crippen molar-refractivity contribution >= 4 is 5.91 Å². The number of hydrogen-bond acceptors (Lipinski definition) is 3. The Kier molecular flexibility index (Phi) is 9.24. The first-order valence-corrected chi connectivity index (χ1v) is 6.02. The van der Waals surface area contributed by atoms with Gasteiger partial charge in [-0.1, -0.05) is 26.7 Å². The van der Waals surface area contributed by atoms with Crippen molar-refractivity contribution in [3.8, 4) is 0 Å². The first-order chi connectivity index (χ1) is 7.69. The lowest BCUT2D eigenvalue weighted by atomic mass is 9.97. The third-order valence-electron chi connectivity index (χ3n) is 2.61. The zero-order valence-electron chi connectivity index (χ0n) is 10.9. The lowest BCUT2D eigenvalue weighted by Gasteiger charge is -2.18. The Morgan fingerprint density at radius 1 is 1.12 bits per heavy atom. The fraction of sp³-hybridized carbons (Fsp3) is 0.917. The molecule has 0 saturated heterocycles. The molecule has 0 aromatic heterocycles. The van der Waals surface area contributed by atoms with Crippen LogP contribution in [0.15, 0.2) is 0 Å². The van der Waals surface area contributed by atoms with Crippen LogP contribution in [0.25, 0.3) is 0 Å². The molecule has 0 atom stereocenters. The Morgan fingerprint density at radius 3 is 2.00 bits per heavy atom. The summed E-state index contributed by atoms with van der Waals surface area (Å²) in [6, 6.07) is 0. The second-order valence-corrected chi connectivity index (χ2v) is 3.92. The molecule has 4 nitrogen and oxygen atoms in total. The summed E-state index contributed by atoms with van der Waals surface area (Å²) in [4.78, 5) is 11.8. The maximum Gasteiger partial charge on any atom is 0.223 e. The van der Waals surface area contributed by atoms with Crippen molar-refractivity contribution in [1.82, 2.24) is 5.32 Å². The maximum atomic E-state index is 11.8. The van der Waals surface area contributed by atoms with Crippen molar-refractivity contribution in [2.45, 2.75) is 45.8 Å². The predicted molar refractivity (Wildman–Crippen MR) is 64.1 cm³/mol. The third-order valence-corrected chi connectivity index (χ3v) is 2.61. The molecular formula is C12H25NO3. The van der Waals surface area contributed by atoms with Crippen LogP contribution in [0.2, 0.25) is 0 Å². The van der Waals surface area contributed by atoms with Gasteiger partial charge >= 0.3 is 0 Å². The average Bonchev–Trinajstić information content (AvgIpc) is 2.30. The lowest BCUT2D eigenvalue weighted by Crippen LogP contribution is -2.37. The molecule has 4 heteroatoms. The molecule has 1 amide bonds. The summed E-state index contributed by atoms with van der Waals surface area (Å²) in [7, 11) is 3.13. The number of carbonyl (C=O) groups is 1. The summed E-state index contributed by atoms with van der Waals surface area (Å²) < 4.78 is 10.0. The van der Waals surface area contributed by atoms with Crippen LogP contribution in [-0.2, 0) is 14.3 Å². The molecule has 0 unspecified atom stereocenters. The van der Waals surface area contributed by atoms with Gasteiger partial charge in [-0.2, -0.15) is 0 Å². The second kappa shape index (κ2) is 9.60. The van der Waals surface area contributed by atoms with Gasteiger partial charge in [0.25, 0.3) is 0 Å². The molecule has 0 bridgehead atoms. The van der Waals surface area contributed by atoms with Gasteiger partial charge in [0.15, 0.2) is 6.29 Å². The smallest absolute Gasteiger partial charge is 0.223 e. The molecule has 0 saturated carbocycles. The van der Waals surface area contributed by atoms with Crippen molar-refractivity contribution in [2.75, 3.05) is 20.8 Å². The molecule has 0 aliphatic carbocycles. The van der Waals surface area contributed by atoms with Crippen LogP contribution in [0.4, 0.5) is 0 Å². The molecule has 0 aliphatic rings. The van der Waals surface area contributed by atoms with E-state index in [1.807, 2.05) is 0 Å². The van der Waals surface area contributed by atoms with Crippen LogP contribution < -0.4 is 5.32 Å². The SMILES string of the molecule is CCCC(CCC)C(=O)NCC(OC)OC. The molecule has 1 N–H and O–H groups in total. The number of hydrogen-bond donors (Lipinski definition) is 1. The molecule has 0 radical (unpaired) electrons. The number of carbonyl (C=O) groups excluding carboxylic acids is 1. The molecule has 16 heavy (non-hydrogen) atoms. The van der Waals surface area contributed by atoms with Crippen molar-refractivity contribution in [3.05, 3.63) is 0 Å². The minimum atomic E-state index is -0.354. The van der Waals surface area contributed by atoms with Gasteiger partial charge in [-0.15, -0.1) is 0 Å². The van der Waals surface area contributed by atoms with Crippen LogP contribution in [0.5, 0.6) is 0 Å². The van der Waals surface area contributed by atoms with E-state index in [-0.39, 0.29) is 18.1 Å². The predicted octanol–water partition coefficient (Wildman–Crippen LogP) is 1.94. The topological polar surface area (TPSA) is 47.6 Å². The van der Waals surface area contributed by atoms with Crippen LogP contribution in [0.1, 0.15) is 39.5 Å². The standard InChI is InChI=1S/C12H25NO3/c1-5-7-10(8-6-2)12(14)13-9-11(15-3)16-4/h10-11H,5-9H2,1-4H3,(H,13,14). The summed E-state index contributed by atoms with van der Waals surface area (Å²) in [6.07, 6.45) is 3.62. The van der Waals surface area contributed by atoms with E-state index in [1.54, 1.807) is 14.2 Å². The Bertz CT molecular complexity index is 175. The fourth-order valence-corrected chi connectivity index (χ4v) is 1.69. The highest BCUT2D eigenvalue weighted by molar-refractivity contribution is 5.78. The minimum Gasteiger partial charge on any atom is -0.354 e. The van der Waals surface area contributed by atoms with Gasteiger partial charge in [-0.3, -0.25) is 4.79 Å². The van der Waals surface area contributed by atoms with E-state index < -0.39 is 0 Å². The Labute approximate surface area is 98.7 Å². The molecule has 96 valence electrons. The quantitative estimate of drug-likeness (QED) is 0.617. The van der Waals surface area contributed by atoms with Gasteiger partial charge in [0, 0.05) is 20.1 Å². The van der Waals surface area contributed by atoms with Gasteiger partial charge in [0.05, 0.1) is 6.54 Å². The average molecular weight is 231 g/mol. The highest BCUT2D eigenvalue weighted by atomic mass is 16.7. The van der Waals surface area contributed by atoms with Crippen molar-refractivity contribution < 1.29 is 14.3 Å². The highest BCUT2D eigenvalue weighted by Crippen LogP contribution is 2.13.